The van der Waals surface area contributed by atoms with Crippen LogP contribution in [0.15, 0.2) is 60.7 Å². The molecule has 1 fully saturated rings. The first kappa shape index (κ1) is 18.9. The number of benzene rings is 2. The normalized spacial score (nSPS) is 19.6. The van der Waals surface area contributed by atoms with Crippen molar-refractivity contribution in [2.45, 2.75) is 57.6 Å². The molecule has 0 spiro atoms. The highest BCUT2D eigenvalue weighted by molar-refractivity contribution is 5.80. The molecule has 146 valence electrons. The summed E-state index contributed by atoms with van der Waals surface area (Å²) in [6.45, 7) is 4.03. The molecule has 1 saturated carbocycles. The molecule has 4 rings (SSSR count). The SMILES string of the molecule is CCCNCc1ccc2cc(O[C@H]3CC[C@H](c4ccccc4)CC3)ccc2n1. The molecule has 0 atom stereocenters. The topological polar surface area (TPSA) is 34.1 Å². The van der Waals surface area contributed by atoms with Crippen molar-refractivity contribution >= 4 is 10.9 Å². The van der Waals surface area contributed by atoms with Crippen LogP contribution >= 0.6 is 0 Å². The Balaban J connectivity index is 1.35. The van der Waals surface area contributed by atoms with Gasteiger partial charge in [-0.1, -0.05) is 43.3 Å². The summed E-state index contributed by atoms with van der Waals surface area (Å²) in [5.41, 5.74) is 3.60. The Labute approximate surface area is 168 Å². The standard InChI is InChI=1S/C25H30N2O/c1-2-16-26-18-22-11-8-21-17-24(14-15-25(21)27-22)28-23-12-9-20(10-13-23)19-6-4-3-5-7-19/h3-8,11,14-15,17,20,23,26H,2,9-10,12-13,16,18H2,1H3/t20-,23-. The van der Waals surface area contributed by atoms with E-state index >= 15 is 0 Å². The molecule has 1 aliphatic carbocycles. The van der Waals surface area contributed by atoms with Crippen molar-refractivity contribution < 1.29 is 4.74 Å². The molecular formula is C25H30N2O. The molecule has 1 N–H and O–H groups in total. The fraction of sp³-hybridized carbons (Fsp3) is 0.400. The first-order valence-electron chi connectivity index (χ1n) is 10.6. The van der Waals surface area contributed by atoms with Gasteiger partial charge in [0.15, 0.2) is 0 Å². The third kappa shape index (κ3) is 4.71. The lowest BCUT2D eigenvalue weighted by Gasteiger charge is -2.29. The summed E-state index contributed by atoms with van der Waals surface area (Å²) in [5.74, 6) is 1.65. The minimum Gasteiger partial charge on any atom is -0.490 e. The molecule has 0 radical (unpaired) electrons. The number of fused-ring (bicyclic) bond motifs is 1. The maximum absolute atomic E-state index is 6.32. The predicted molar refractivity (Wildman–Crippen MR) is 116 cm³/mol. The summed E-state index contributed by atoms with van der Waals surface area (Å²) < 4.78 is 6.32. The van der Waals surface area contributed by atoms with Gasteiger partial charge in [-0.25, -0.2) is 0 Å². The van der Waals surface area contributed by atoms with Crippen molar-refractivity contribution in [2.75, 3.05) is 6.54 Å². The average Bonchev–Trinajstić information content (AvgIpc) is 2.75. The number of nitrogens with zero attached hydrogens (tertiary/aromatic N) is 1. The van der Waals surface area contributed by atoms with Gasteiger partial charge in [0, 0.05) is 11.9 Å². The van der Waals surface area contributed by atoms with Gasteiger partial charge >= 0.3 is 0 Å². The minimum atomic E-state index is 0.322. The molecule has 0 aliphatic heterocycles. The highest BCUT2D eigenvalue weighted by atomic mass is 16.5. The Morgan fingerprint density at radius 3 is 2.57 bits per heavy atom. The quantitative estimate of drug-likeness (QED) is 0.528. The molecule has 3 nitrogen and oxygen atoms in total. The molecule has 2 aromatic carbocycles. The summed E-state index contributed by atoms with van der Waals surface area (Å²) in [5, 5.41) is 4.56. The summed E-state index contributed by atoms with van der Waals surface area (Å²) in [6.07, 6.45) is 6.12. The maximum atomic E-state index is 6.32. The Hall–Kier alpha value is -2.39. The Morgan fingerprint density at radius 1 is 0.964 bits per heavy atom. The van der Waals surface area contributed by atoms with E-state index in [0.29, 0.717) is 12.0 Å². The van der Waals surface area contributed by atoms with E-state index in [1.165, 1.54) is 18.4 Å². The third-order valence-corrected chi connectivity index (χ3v) is 5.70. The van der Waals surface area contributed by atoms with Gasteiger partial charge in [-0.2, -0.15) is 0 Å². The summed E-state index contributed by atoms with van der Waals surface area (Å²) >= 11 is 0. The first-order valence-corrected chi connectivity index (χ1v) is 10.6. The van der Waals surface area contributed by atoms with Crippen LogP contribution in [0.2, 0.25) is 0 Å². The fourth-order valence-corrected chi connectivity index (χ4v) is 4.14. The Bertz CT molecular complexity index is 885. The van der Waals surface area contributed by atoms with E-state index in [4.69, 9.17) is 9.72 Å². The van der Waals surface area contributed by atoms with Gasteiger partial charge in [-0.3, -0.25) is 4.98 Å². The van der Waals surface area contributed by atoms with Gasteiger partial charge in [-0.15, -0.1) is 0 Å². The van der Waals surface area contributed by atoms with Crippen LogP contribution < -0.4 is 10.1 Å². The molecule has 1 aliphatic rings. The van der Waals surface area contributed by atoms with Crippen LogP contribution in [0.1, 0.15) is 56.2 Å². The summed E-state index contributed by atoms with van der Waals surface area (Å²) in [6, 6.07) is 21.5. The van der Waals surface area contributed by atoms with Crippen LogP contribution in [0.4, 0.5) is 0 Å². The fourth-order valence-electron chi connectivity index (χ4n) is 4.14. The van der Waals surface area contributed by atoms with E-state index in [0.717, 1.165) is 54.7 Å². The summed E-state index contributed by atoms with van der Waals surface area (Å²) in [7, 11) is 0. The molecule has 0 saturated heterocycles. The largest absolute Gasteiger partial charge is 0.490 e. The number of aromatic nitrogens is 1. The first-order chi connectivity index (χ1) is 13.8. The molecular weight excluding hydrogens is 344 g/mol. The van der Waals surface area contributed by atoms with Crippen molar-refractivity contribution in [1.29, 1.82) is 0 Å². The second kappa shape index (κ2) is 9.20. The van der Waals surface area contributed by atoms with Gasteiger partial charge in [0.05, 0.1) is 17.3 Å². The van der Waals surface area contributed by atoms with Crippen LogP contribution in [0.25, 0.3) is 10.9 Å². The molecule has 1 heterocycles. The van der Waals surface area contributed by atoms with Crippen molar-refractivity contribution in [3.63, 3.8) is 0 Å². The van der Waals surface area contributed by atoms with Crippen LogP contribution in [-0.2, 0) is 6.54 Å². The number of hydrogen-bond acceptors (Lipinski definition) is 3. The van der Waals surface area contributed by atoms with Crippen LogP contribution in [0.5, 0.6) is 5.75 Å². The van der Waals surface area contributed by atoms with Crippen molar-refractivity contribution in [3.05, 3.63) is 71.9 Å². The summed E-state index contributed by atoms with van der Waals surface area (Å²) in [4.78, 5) is 4.76. The zero-order valence-electron chi connectivity index (χ0n) is 16.7. The van der Waals surface area contributed by atoms with Gasteiger partial charge in [0.1, 0.15) is 5.75 Å². The number of rotatable bonds is 7. The lowest BCUT2D eigenvalue weighted by atomic mass is 9.83. The lowest BCUT2D eigenvalue weighted by molar-refractivity contribution is 0.146. The van der Waals surface area contributed by atoms with E-state index in [1.807, 2.05) is 0 Å². The van der Waals surface area contributed by atoms with E-state index in [2.05, 4.69) is 72.9 Å². The van der Waals surface area contributed by atoms with Gasteiger partial charge in [0.25, 0.3) is 0 Å². The molecule has 3 aromatic rings. The minimum absolute atomic E-state index is 0.322. The highest BCUT2D eigenvalue weighted by Gasteiger charge is 2.23. The van der Waals surface area contributed by atoms with E-state index in [1.54, 1.807) is 0 Å². The lowest BCUT2D eigenvalue weighted by Crippen LogP contribution is -2.23. The number of hydrogen-bond donors (Lipinski definition) is 1. The Kier molecular flexibility index (Phi) is 6.23. The smallest absolute Gasteiger partial charge is 0.120 e. The van der Waals surface area contributed by atoms with E-state index < -0.39 is 0 Å². The molecule has 0 amide bonds. The number of ether oxygens (including phenoxy) is 1. The van der Waals surface area contributed by atoms with Gasteiger partial charge in [-0.05, 0) is 74.4 Å². The molecule has 1 aromatic heterocycles. The predicted octanol–water partition coefficient (Wildman–Crippen LogP) is 5.84. The van der Waals surface area contributed by atoms with Crippen LogP contribution in [-0.4, -0.2) is 17.6 Å². The second-order valence-corrected chi connectivity index (χ2v) is 7.84. The van der Waals surface area contributed by atoms with Gasteiger partial charge in [0.2, 0.25) is 0 Å². The molecule has 28 heavy (non-hydrogen) atoms. The molecule has 0 bridgehead atoms. The van der Waals surface area contributed by atoms with Crippen LogP contribution in [0.3, 0.4) is 0 Å². The maximum Gasteiger partial charge on any atom is 0.120 e. The Morgan fingerprint density at radius 2 is 1.79 bits per heavy atom. The monoisotopic (exact) mass is 374 g/mol. The average molecular weight is 375 g/mol. The number of pyridine rings is 1. The van der Waals surface area contributed by atoms with Gasteiger partial charge < -0.3 is 10.1 Å². The second-order valence-electron chi connectivity index (χ2n) is 7.84. The van der Waals surface area contributed by atoms with Crippen molar-refractivity contribution in [2.24, 2.45) is 0 Å². The van der Waals surface area contributed by atoms with Crippen molar-refractivity contribution in [1.82, 2.24) is 10.3 Å². The van der Waals surface area contributed by atoms with Crippen molar-refractivity contribution in [3.8, 4) is 5.75 Å². The number of nitrogens with one attached hydrogen (secondary N) is 1. The molecule has 0 unspecified atom stereocenters. The third-order valence-electron chi connectivity index (χ3n) is 5.70. The molecule has 3 heteroatoms. The van der Waals surface area contributed by atoms with E-state index in [9.17, 15) is 0 Å². The highest BCUT2D eigenvalue weighted by Crippen LogP contribution is 2.34. The van der Waals surface area contributed by atoms with Crippen LogP contribution in [0, 0.1) is 0 Å². The van der Waals surface area contributed by atoms with E-state index in [-0.39, 0.29) is 0 Å². The zero-order chi connectivity index (χ0) is 19.2. The zero-order valence-corrected chi connectivity index (χ0v) is 16.7.